The summed E-state index contributed by atoms with van der Waals surface area (Å²) in [6.07, 6.45) is 0. The second-order valence-corrected chi connectivity index (χ2v) is 8.56. The predicted molar refractivity (Wildman–Crippen MR) is 53.5 cm³/mol. The molecule has 1 atom stereocenters. The van der Waals surface area contributed by atoms with Crippen molar-refractivity contribution < 1.29 is 27.2 Å². The van der Waals surface area contributed by atoms with Crippen LogP contribution in [0.3, 0.4) is 0 Å². The van der Waals surface area contributed by atoms with E-state index in [1.165, 1.54) is 0 Å². The van der Waals surface area contributed by atoms with Gasteiger partial charge in [-0.1, -0.05) is 13.8 Å². The second-order valence-electron chi connectivity index (χ2n) is 2.26. The maximum absolute atomic E-state index is 11.4. The SMILES string of the molecule is CC(C)SP(=O)(OS)OP(=O)(O)O. The minimum atomic E-state index is -4.82. The van der Waals surface area contributed by atoms with Crippen molar-refractivity contribution in [1.29, 1.82) is 0 Å². The quantitative estimate of drug-likeness (QED) is 0.400. The van der Waals surface area contributed by atoms with Crippen LogP contribution in [0.15, 0.2) is 0 Å². The van der Waals surface area contributed by atoms with Gasteiger partial charge in [0, 0.05) is 5.25 Å². The fourth-order valence-corrected chi connectivity index (χ4v) is 5.72. The Morgan fingerprint density at radius 3 is 2.08 bits per heavy atom. The highest BCUT2D eigenvalue weighted by Crippen LogP contribution is 2.70. The van der Waals surface area contributed by atoms with Crippen LogP contribution >= 0.6 is 38.9 Å². The van der Waals surface area contributed by atoms with Gasteiger partial charge in [-0.2, -0.15) is 4.31 Å². The van der Waals surface area contributed by atoms with E-state index in [-0.39, 0.29) is 5.25 Å². The molecule has 2 N–H and O–H groups in total. The first kappa shape index (κ1) is 14.0. The lowest BCUT2D eigenvalue weighted by Crippen LogP contribution is -1.91. The molecule has 0 saturated heterocycles. The summed E-state index contributed by atoms with van der Waals surface area (Å²) in [6, 6.07) is 0. The topological polar surface area (TPSA) is 93.1 Å². The van der Waals surface area contributed by atoms with Crippen molar-refractivity contribution in [3.05, 3.63) is 0 Å². The Bertz CT molecular complexity index is 248. The fraction of sp³-hybridized carbons (Fsp3) is 1.00. The van der Waals surface area contributed by atoms with E-state index in [0.29, 0.717) is 11.4 Å². The van der Waals surface area contributed by atoms with Gasteiger partial charge in [0.15, 0.2) is 0 Å². The standard InChI is InChI=1S/C3H10O6P2S2/c1-3(2)13-11(7,9-12)8-10(4,5)6/h3,12H,1-2H3,(H2,4,5,6). The van der Waals surface area contributed by atoms with E-state index in [1.54, 1.807) is 13.8 Å². The smallest absolute Gasteiger partial charge is 0.302 e. The molecule has 0 radical (unpaired) electrons. The Hall–Kier alpha value is 1.00. The van der Waals surface area contributed by atoms with E-state index < -0.39 is 14.6 Å². The zero-order chi connectivity index (χ0) is 10.7. The molecule has 0 aromatic carbocycles. The van der Waals surface area contributed by atoms with E-state index in [9.17, 15) is 9.13 Å². The summed E-state index contributed by atoms with van der Waals surface area (Å²) in [7, 11) is -4.82. The molecule has 10 heteroatoms. The van der Waals surface area contributed by atoms with Gasteiger partial charge in [0.05, 0.1) is 0 Å². The van der Waals surface area contributed by atoms with Gasteiger partial charge in [-0.3, -0.25) is 0 Å². The highest BCUT2D eigenvalue weighted by Gasteiger charge is 2.35. The van der Waals surface area contributed by atoms with E-state index >= 15 is 0 Å². The zero-order valence-electron chi connectivity index (χ0n) is 6.85. The molecule has 0 aromatic rings. The van der Waals surface area contributed by atoms with Crippen molar-refractivity contribution in [2.24, 2.45) is 0 Å². The highest BCUT2D eigenvalue weighted by atomic mass is 32.7. The van der Waals surface area contributed by atoms with Crippen LogP contribution in [0.2, 0.25) is 0 Å². The molecular weight excluding hydrogens is 258 g/mol. The number of thiol groups is 1. The van der Waals surface area contributed by atoms with Crippen molar-refractivity contribution in [2.75, 3.05) is 0 Å². The van der Waals surface area contributed by atoms with Crippen molar-refractivity contribution >= 4 is 38.9 Å². The van der Waals surface area contributed by atoms with Crippen LogP contribution in [0.4, 0.5) is 0 Å². The number of phosphoric acid groups is 1. The normalized spacial score (nSPS) is 17.4. The molecule has 0 bridgehead atoms. The van der Waals surface area contributed by atoms with Crippen molar-refractivity contribution in [2.45, 2.75) is 19.1 Å². The van der Waals surface area contributed by atoms with E-state index in [0.717, 1.165) is 0 Å². The van der Waals surface area contributed by atoms with Crippen LogP contribution in [0.25, 0.3) is 0 Å². The maximum atomic E-state index is 11.4. The molecule has 0 amide bonds. The van der Waals surface area contributed by atoms with Gasteiger partial charge in [-0.15, -0.1) is 0 Å². The monoisotopic (exact) mass is 268 g/mol. The van der Waals surface area contributed by atoms with Crippen molar-refractivity contribution in [3.8, 4) is 0 Å². The van der Waals surface area contributed by atoms with Crippen molar-refractivity contribution in [1.82, 2.24) is 0 Å². The third kappa shape index (κ3) is 6.99. The Labute approximate surface area is 85.5 Å². The summed E-state index contributed by atoms with van der Waals surface area (Å²) in [5.74, 6) is 0. The Morgan fingerprint density at radius 2 is 1.85 bits per heavy atom. The average molecular weight is 268 g/mol. The number of hydrogen-bond acceptors (Lipinski definition) is 6. The molecule has 0 heterocycles. The maximum Gasteiger partial charge on any atom is 0.477 e. The Balaban J connectivity index is 4.48. The van der Waals surface area contributed by atoms with Crippen LogP contribution in [0, 0.1) is 0 Å². The summed E-state index contributed by atoms with van der Waals surface area (Å²) in [6.45, 7) is -0.513. The van der Waals surface area contributed by atoms with Gasteiger partial charge >= 0.3 is 14.6 Å². The lowest BCUT2D eigenvalue weighted by molar-refractivity contribution is 0.276. The number of hydrogen-bond donors (Lipinski definition) is 3. The van der Waals surface area contributed by atoms with Crippen LogP contribution in [-0.4, -0.2) is 15.0 Å². The minimum absolute atomic E-state index is 0.162. The van der Waals surface area contributed by atoms with Gasteiger partial charge in [0.1, 0.15) is 0 Å². The third-order valence-corrected chi connectivity index (χ3v) is 7.02. The molecule has 0 rings (SSSR count). The van der Waals surface area contributed by atoms with Crippen LogP contribution in [0.5, 0.6) is 0 Å². The molecule has 0 fully saturated rings. The fourth-order valence-electron chi connectivity index (χ4n) is 0.442. The van der Waals surface area contributed by atoms with E-state index in [2.05, 4.69) is 21.2 Å². The molecule has 13 heavy (non-hydrogen) atoms. The lowest BCUT2D eigenvalue weighted by Gasteiger charge is -2.15. The van der Waals surface area contributed by atoms with Gasteiger partial charge < -0.3 is 9.79 Å². The zero-order valence-corrected chi connectivity index (χ0v) is 10.4. The summed E-state index contributed by atoms with van der Waals surface area (Å²) >= 11 is 3.91. The molecule has 0 aliphatic rings. The third-order valence-electron chi connectivity index (χ3n) is 0.646. The van der Waals surface area contributed by atoms with Crippen molar-refractivity contribution in [3.63, 3.8) is 0 Å². The average Bonchev–Trinajstić information content (AvgIpc) is 1.81. The Kier molecular flexibility index (Phi) is 5.58. The molecule has 0 aliphatic heterocycles. The van der Waals surface area contributed by atoms with Gasteiger partial charge in [-0.05, 0) is 24.3 Å². The predicted octanol–water partition coefficient (Wildman–Crippen LogP) is 2.21. The molecular formula is C3H10O6P2S2. The largest absolute Gasteiger partial charge is 0.477 e. The molecule has 1 unspecified atom stereocenters. The minimum Gasteiger partial charge on any atom is -0.302 e. The van der Waals surface area contributed by atoms with Crippen LogP contribution in [0.1, 0.15) is 13.8 Å². The second kappa shape index (κ2) is 5.19. The van der Waals surface area contributed by atoms with E-state index in [4.69, 9.17) is 9.79 Å². The highest BCUT2D eigenvalue weighted by molar-refractivity contribution is 8.56. The molecule has 0 spiro atoms. The van der Waals surface area contributed by atoms with Crippen LogP contribution < -0.4 is 0 Å². The number of rotatable bonds is 5. The van der Waals surface area contributed by atoms with Crippen LogP contribution in [-0.2, 0) is 17.4 Å². The van der Waals surface area contributed by atoms with Gasteiger partial charge in [-0.25, -0.2) is 13.1 Å². The first-order valence-electron chi connectivity index (χ1n) is 3.07. The first-order chi connectivity index (χ1) is 5.68. The summed E-state index contributed by atoms with van der Waals surface area (Å²) in [4.78, 5) is 16.8. The summed E-state index contributed by atoms with van der Waals surface area (Å²) in [5.41, 5.74) is 0. The molecule has 80 valence electrons. The molecule has 0 aromatic heterocycles. The first-order valence-corrected chi connectivity index (χ1v) is 7.99. The molecule has 6 nitrogen and oxygen atoms in total. The van der Waals surface area contributed by atoms with Gasteiger partial charge in [0.2, 0.25) is 0 Å². The summed E-state index contributed by atoms with van der Waals surface area (Å²) < 4.78 is 29.8. The molecule has 0 aliphatic carbocycles. The van der Waals surface area contributed by atoms with E-state index in [1.807, 2.05) is 0 Å². The van der Waals surface area contributed by atoms with Gasteiger partial charge in [0.25, 0.3) is 0 Å². The molecule has 0 saturated carbocycles. The Morgan fingerprint density at radius 1 is 1.38 bits per heavy atom. The summed E-state index contributed by atoms with van der Waals surface area (Å²) in [5, 5.41) is -0.162. The lowest BCUT2D eigenvalue weighted by atomic mass is 10.6.